The number of aromatic nitrogens is 3. The first kappa shape index (κ1) is 17.1. The smallest absolute Gasteiger partial charge is 0.243 e. The SMILES string of the molecule is N#Cc1ccc(S(=O)(=O)N2CCC(C(=O)Nc3ncn[nH]3)CC2)cc1. The number of hydrogen-bond donors (Lipinski definition) is 2. The molecule has 1 aliphatic rings. The maximum atomic E-state index is 12.6. The molecule has 1 aromatic carbocycles. The van der Waals surface area contributed by atoms with E-state index in [0.717, 1.165) is 0 Å². The summed E-state index contributed by atoms with van der Waals surface area (Å²) >= 11 is 0. The van der Waals surface area contributed by atoms with Gasteiger partial charge < -0.3 is 0 Å². The van der Waals surface area contributed by atoms with Crippen LogP contribution in [0.2, 0.25) is 0 Å². The van der Waals surface area contributed by atoms with E-state index >= 15 is 0 Å². The zero-order valence-electron chi connectivity index (χ0n) is 13.2. The van der Waals surface area contributed by atoms with Crippen molar-refractivity contribution in [2.45, 2.75) is 17.7 Å². The van der Waals surface area contributed by atoms with E-state index < -0.39 is 10.0 Å². The summed E-state index contributed by atoms with van der Waals surface area (Å²) < 4.78 is 26.6. The molecule has 0 spiro atoms. The summed E-state index contributed by atoms with van der Waals surface area (Å²) in [7, 11) is -3.62. The predicted octanol–water partition coefficient (Wildman–Crippen LogP) is 0.716. The van der Waals surface area contributed by atoms with E-state index in [0.29, 0.717) is 18.4 Å². The molecule has 25 heavy (non-hydrogen) atoms. The highest BCUT2D eigenvalue weighted by Gasteiger charge is 2.32. The third-order valence-electron chi connectivity index (χ3n) is 4.10. The highest BCUT2D eigenvalue weighted by molar-refractivity contribution is 7.89. The number of carbonyl (C=O) groups excluding carboxylic acids is 1. The molecule has 9 nitrogen and oxygen atoms in total. The van der Waals surface area contributed by atoms with Gasteiger partial charge in [-0.15, -0.1) is 0 Å². The van der Waals surface area contributed by atoms with Gasteiger partial charge in [-0.1, -0.05) is 0 Å². The number of aromatic amines is 1. The Balaban J connectivity index is 1.62. The molecule has 1 saturated heterocycles. The molecule has 2 aromatic rings. The van der Waals surface area contributed by atoms with Gasteiger partial charge in [0.1, 0.15) is 6.33 Å². The van der Waals surface area contributed by atoms with Crippen molar-refractivity contribution in [3.63, 3.8) is 0 Å². The van der Waals surface area contributed by atoms with Gasteiger partial charge in [-0.2, -0.15) is 19.6 Å². The van der Waals surface area contributed by atoms with E-state index in [1.807, 2.05) is 6.07 Å². The Morgan fingerprint density at radius 2 is 1.96 bits per heavy atom. The summed E-state index contributed by atoms with van der Waals surface area (Å²) in [6, 6.07) is 7.76. The minimum atomic E-state index is -3.62. The summed E-state index contributed by atoms with van der Waals surface area (Å²) in [5.74, 6) is -0.206. The minimum Gasteiger partial charge on any atom is -0.295 e. The maximum Gasteiger partial charge on any atom is 0.243 e. The molecule has 0 bridgehead atoms. The highest BCUT2D eigenvalue weighted by atomic mass is 32.2. The molecule has 1 aliphatic heterocycles. The van der Waals surface area contributed by atoms with Crippen LogP contribution in [0.5, 0.6) is 0 Å². The lowest BCUT2D eigenvalue weighted by Gasteiger charge is -2.30. The van der Waals surface area contributed by atoms with Crippen LogP contribution in [0.4, 0.5) is 5.95 Å². The van der Waals surface area contributed by atoms with Crippen molar-refractivity contribution in [3.05, 3.63) is 36.2 Å². The number of nitrogens with one attached hydrogen (secondary N) is 2. The van der Waals surface area contributed by atoms with Gasteiger partial charge in [0.05, 0.1) is 16.5 Å². The maximum absolute atomic E-state index is 12.6. The number of sulfonamides is 1. The number of rotatable bonds is 4. The fraction of sp³-hybridized carbons (Fsp3) is 0.333. The summed E-state index contributed by atoms with van der Waals surface area (Å²) in [5, 5.41) is 17.6. The standard InChI is InChI=1S/C15H16N6O3S/c16-9-11-1-3-13(4-2-11)25(23,24)21-7-5-12(6-8-21)14(22)19-15-17-10-18-20-15/h1-4,10,12H,5-8H2,(H2,17,18,19,20,22). The quantitative estimate of drug-likeness (QED) is 0.825. The number of nitrogens with zero attached hydrogens (tertiary/aromatic N) is 4. The molecule has 0 atom stereocenters. The lowest BCUT2D eigenvalue weighted by Crippen LogP contribution is -2.41. The molecular weight excluding hydrogens is 344 g/mol. The van der Waals surface area contributed by atoms with Crippen molar-refractivity contribution >= 4 is 21.9 Å². The molecule has 0 saturated carbocycles. The van der Waals surface area contributed by atoms with Gasteiger partial charge in [-0.3, -0.25) is 10.1 Å². The van der Waals surface area contributed by atoms with Crippen LogP contribution < -0.4 is 5.32 Å². The van der Waals surface area contributed by atoms with E-state index in [1.54, 1.807) is 0 Å². The molecule has 2 heterocycles. The van der Waals surface area contributed by atoms with Crippen molar-refractivity contribution < 1.29 is 13.2 Å². The van der Waals surface area contributed by atoms with E-state index in [2.05, 4.69) is 20.5 Å². The zero-order valence-corrected chi connectivity index (χ0v) is 14.0. The number of amides is 1. The molecule has 130 valence electrons. The van der Waals surface area contributed by atoms with Crippen LogP contribution in [0.25, 0.3) is 0 Å². The second-order valence-electron chi connectivity index (χ2n) is 5.64. The number of anilines is 1. The summed E-state index contributed by atoms with van der Waals surface area (Å²) in [6.07, 6.45) is 2.15. The van der Waals surface area contributed by atoms with Crippen LogP contribution in [0.15, 0.2) is 35.5 Å². The topological polar surface area (TPSA) is 132 Å². The summed E-state index contributed by atoms with van der Waals surface area (Å²) in [4.78, 5) is 16.1. The minimum absolute atomic E-state index is 0.149. The Kier molecular flexibility index (Phi) is 4.78. The summed E-state index contributed by atoms with van der Waals surface area (Å²) in [5.41, 5.74) is 0.404. The third kappa shape index (κ3) is 3.67. The van der Waals surface area contributed by atoms with Gasteiger partial charge >= 0.3 is 0 Å². The molecule has 1 amide bonds. The average molecular weight is 360 g/mol. The number of benzene rings is 1. The molecule has 0 unspecified atom stereocenters. The number of piperidine rings is 1. The lowest BCUT2D eigenvalue weighted by atomic mass is 9.97. The Morgan fingerprint density at radius 1 is 1.28 bits per heavy atom. The van der Waals surface area contributed by atoms with Crippen LogP contribution in [0, 0.1) is 17.2 Å². The number of H-pyrrole nitrogens is 1. The first-order valence-electron chi connectivity index (χ1n) is 7.67. The Bertz CT molecular complexity index is 878. The van der Waals surface area contributed by atoms with Gasteiger partial charge in [0.2, 0.25) is 21.9 Å². The Hall–Kier alpha value is -2.77. The van der Waals surface area contributed by atoms with Crippen molar-refractivity contribution in [1.82, 2.24) is 19.5 Å². The normalized spacial score (nSPS) is 16.3. The second kappa shape index (κ2) is 7.00. The third-order valence-corrected chi connectivity index (χ3v) is 6.02. The molecule has 1 aromatic heterocycles. The number of carbonyl (C=O) groups is 1. The van der Waals surface area contributed by atoms with Crippen LogP contribution >= 0.6 is 0 Å². The summed E-state index contributed by atoms with van der Waals surface area (Å²) in [6.45, 7) is 0.521. The molecule has 1 fully saturated rings. The molecule has 10 heteroatoms. The first-order chi connectivity index (χ1) is 12.0. The first-order valence-corrected chi connectivity index (χ1v) is 9.11. The van der Waals surface area contributed by atoms with Gasteiger partial charge in [0, 0.05) is 19.0 Å². The van der Waals surface area contributed by atoms with Gasteiger partial charge in [0.15, 0.2) is 0 Å². The molecule has 3 rings (SSSR count). The van der Waals surface area contributed by atoms with Crippen molar-refractivity contribution in [2.24, 2.45) is 5.92 Å². The molecule has 2 N–H and O–H groups in total. The second-order valence-corrected chi connectivity index (χ2v) is 7.58. The Morgan fingerprint density at radius 3 is 2.52 bits per heavy atom. The number of nitriles is 1. The van der Waals surface area contributed by atoms with Crippen LogP contribution in [-0.2, 0) is 14.8 Å². The van der Waals surface area contributed by atoms with Crippen LogP contribution in [0.1, 0.15) is 18.4 Å². The van der Waals surface area contributed by atoms with E-state index in [-0.39, 0.29) is 35.8 Å². The van der Waals surface area contributed by atoms with E-state index in [1.165, 1.54) is 34.9 Å². The van der Waals surface area contributed by atoms with Gasteiger partial charge in [-0.05, 0) is 37.1 Å². The van der Waals surface area contributed by atoms with E-state index in [4.69, 9.17) is 5.26 Å². The highest BCUT2D eigenvalue weighted by Crippen LogP contribution is 2.24. The van der Waals surface area contributed by atoms with Crippen LogP contribution in [0.3, 0.4) is 0 Å². The Labute approximate surface area is 144 Å². The van der Waals surface area contributed by atoms with Crippen LogP contribution in [-0.4, -0.2) is 46.9 Å². The average Bonchev–Trinajstić information content (AvgIpc) is 3.15. The van der Waals surface area contributed by atoms with Crippen molar-refractivity contribution in [2.75, 3.05) is 18.4 Å². The largest absolute Gasteiger partial charge is 0.295 e. The van der Waals surface area contributed by atoms with E-state index in [9.17, 15) is 13.2 Å². The van der Waals surface area contributed by atoms with Gasteiger partial charge in [-0.25, -0.2) is 13.5 Å². The fourth-order valence-electron chi connectivity index (χ4n) is 2.69. The lowest BCUT2D eigenvalue weighted by molar-refractivity contribution is -0.121. The zero-order chi connectivity index (χ0) is 17.9. The fourth-order valence-corrected chi connectivity index (χ4v) is 4.16. The van der Waals surface area contributed by atoms with Crippen molar-refractivity contribution in [3.8, 4) is 6.07 Å². The molecular formula is C15H16N6O3S. The monoisotopic (exact) mass is 360 g/mol. The molecule has 0 radical (unpaired) electrons. The molecule has 0 aliphatic carbocycles. The van der Waals surface area contributed by atoms with Gasteiger partial charge in [0.25, 0.3) is 0 Å². The predicted molar refractivity (Wildman–Crippen MR) is 87.7 cm³/mol. The van der Waals surface area contributed by atoms with Crippen molar-refractivity contribution in [1.29, 1.82) is 5.26 Å². The number of hydrogen-bond acceptors (Lipinski definition) is 6.